The van der Waals surface area contributed by atoms with Crippen molar-refractivity contribution in [2.24, 2.45) is 11.8 Å². The van der Waals surface area contributed by atoms with E-state index in [2.05, 4.69) is 51.1 Å². The molecule has 3 unspecified atom stereocenters. The predicted octanol–water partition coefficient (Wildman–Crippen LogP) is 5.33. The van der Waals surface area contributed by atoms with Gasteiger partial charge >= 0.3 is 5.97 Å². The van der Waals surface area contributed by atoms with Crippen LogP contribution in [0.1, 0.15) is 48.8 Å². The highest BCUT2D eigenvalue weighted by molar-refractivity contribution is 5.90. The minimum absolute atomic E-state index is 0.346. The lowest BCUT2D eigenvalue weighted by molar-refractivity contribution is -0.132. The quantitative estimate of drug-likeness (QED) is 0.764. The Hall–Kier alpha value is -2.09. The summed E-state index contributed by atoms with van der Waals surface area (Å²) in [5.41, 5.74) is 5.72. The summed E-state index contributed by atoms with van der Waals surface area (Å²) >= 11 is 0. The van der Waals surface area contributed by atoms with Crippen LogP contribution in [0.4, 0.5) is 0 Å². The Bertz CT molecular complexity index is 736. The molecular formula is C22H26O2. The lowest BCUT2D eigenvalue weighted by Crippen LogP contribution is -2.28. The van der Waals surface area contributed by atoms with E-state index < -0.39 is 5.97 Å². The van der Waals surface area contributed by atoms with E-state index in [1.54, 1.807) is 0 Å². The molecule has 2 aliphatic rings. The van der Waals surface area contributed by atoms with Crippen LogP contribution in [-0.2, 0) is 4.79 Å². The molecular weight excluding hydrogens is 296 g/mol. The molecule has 2 heteroatoms. The molecule has 1 aromatic rings. The summed E-state index contributed by atoms with van der Waals surface area (Å²) < 4.78 is 0. The number of rotatable bonds is 3. The van der Waals surface area contributed by atoms with Crippen molar-refractivity contribution >= 4 is 5.97 Å². The van der Waals surface area contributed by atoms with Crippen molar-refractivity contribution in [1.82, 2.24) is 0 Å². The lowest BCUT2D eigenvalue weighted by atomic mass is 9.65. The van der Waals surface area contributed by atoms with E-state index in [-0.39, 0.29) is 0 Å². The van der Waals surface area contributed by atoms with Gasteiger partial charge in [-0.05, 0) is 74.6 Å². The van der Waals surface area contributed by atoms with Gasteiger partial charge < -0.3 is 5.11 Å². The zero-order valence-corrected chi connectivity index (χ0v) is 14.8. The SMILES string of the molecule is C/C=C/C1CCC(c2ccc(C)c(C)c2)C2=CC(C(=O)O)=CCC21. The van der Waals surface area contributed by atoms with Gasteiger partial charge in [0.2, 0.25) is 0 Å². The second-order valence-electron chi connectivity index (χ2n) is 7.11. The number of hydrogen-bond acceptors (Lipinski definition) is 1. The lowest BCUT2D eigenvalue weighted by Gasteiger charge is -2.39. The van der Waals surface area contributed by atoms with Crippen LogP contribution in [0.15, 0.2) is 53.6 Å². The number of aryl methyl sites for hydroxylation is 2. The average Bonchev–Trinajstić information content (AvgIpc) is 2.57. The van der Waals surface area contributed by atoms with E-state index in [1.807, 2.05) is 12.2 Å². The highest BCUT2D eigenvalue weighted by atomic mass is 16.4. The van der Waals surface area contributed by atoms with Crippen molar-refractivity contribution in [3.05, 3.63) is 70.3 Å². The van der Waals surface area contributed by atoms with Crippen LogP contribution in [0, 0.1) is 25.7 Å². The number of aliphatic carboxylic acids is 1. The molecule has 3 rings (SSSR count). The largest absolute Gasteiger partial charge is 0.478 e. The van der Waals surface area contributed by atoms with E-state index in [1.165, 1.54) is 28.7 Å². The molecule has 1 N–H and O–H groups in total. The molecule has 0 bridgehead atoms. The Morgan fingerprint density at radius 1 is 1.21 bits per heavy atom. The Labute approximate surface area is 144 Å². The Morgan fingerprint density at radius 3 is 2.67 bits per heavy atom. The maximum atomic E-state index is 11.5. The number of carbonyl (C=O) groups is 1. The summed E-state index contributed by atoms with van der Waals surface area (Å²) in [6.07, 6.45) is 11.4. The van der Waals surface area contributed by atoms with E-state index in [0.29, 0.717) is 23.3 Å². The molecule has 1 fully saturated rings. The number of benzene rings is 1. The van der Waals surface area contributed by atoms with Crippen molar-refractivity contribution in [3.63, 3.8) is 0 Å². The number of fused-ring (bicyclic) bond motifs is 1. The molecule has 2 nitrogen and oxygen atoms in total. The van der Waals surface area contributed by atoms with Crippen LogP contribution in [0.2, 0.25) is 0 Å². The summed E-state index contributed by atoms with van der Waals surface area (Å²) in [7, 11) is 0. The van der Waals surface area contributed by atoms with Crippen molar-refractivity contribution in [3.8, 4) is 0 Å². The van der Waals surface area contributed by atoms with E-state index in [4.69, 9.17) is 0 Å². The Balaban J connectivity index is 2.01. The maximum Gasteiger partial charge on any atom is 0.335 e. The summed E-state index contributed by atoms with van der Waals surface area (Å²) in [5, 5.41) is 9.41. The summed E-state index contributed by atoms with van der Waals surface area (Å²) in [6, 6.07) is 6.70. The van der Waals surface area contributed by atoms with Crippen LogP contribution < -0.4 is 0 Å². The number of carboxylic acid groups (broad SMARTS) is 1. The zero-order valence-electron chi connectivity index (χ0n) is 14.8. The van der Waals surface area contributed by atoms with Crippen molar-refractivity contribution in [1.29, 1.82) is 0 Å². The standard InChI is InChI=1S/C22H26O2/c1-4-5-16-8-10-20(17-7-6-14(2)15(3)12-17)21-13-18(22(23)24)9-11-19(16)21/h4-7,9,12-13,16,19-20H,8,10-11H2,1-3H3,(H,23,24)/b5-4+. The van der Waals surface area contributed by atoms with Gasteiger partial charge in [-0.1, -0.05) is 42.0 Å². The monoisotopic (exact) mass is 322 g/mol. The van der Waals surface area contributed by atoms with Gasteiger partial charge in [0.05, 0.1) is 5.57 Å². The molecule has 1 saturated carbocycles. The fraction of sp³-hybridized carbons (Fsp3) is 0.409. The number of hydrogen-bond donors (Lipinski definition) is 1. The topological polar surface area (TPSA) is 37.3 Å². The van der Waals surface area contributed by atoms with Gasteiger partial charge in [-0.15, -0.1) is 0 Å². The van der Waals surface area contributed by atoms with E-state index >= 15 is 0 Å². The van der Waals surface area contributed by atoms with Crippen molar-refractivity contribution in [2.75, 3.05) is 0 Å². The summed E-state index contributed by atoms with van der Waals surface area (Å²) in [6.45, 7) is 6.36. The number of allylic oxidation sites excluding steroid dienone is 4. The second kappa shape index (κ2) is 6.80. The van der Waals surface area contributed by atoms with E-state index in [0.717, 1.165) is 12.8 Å². The fourth-order valence-corrected chi connectivity index (χ4v) is 4.21. The average molecular weight is 322 g/mol. The molecule has 0 aliphatic heterocycles. The minimum Gasteiger partial charge on any atom is -0.478 e. The number of carboxylic acids is 1. The van der Waals surface area contributed by atoms with Crippen molar-refractivity contribution < 1.29 is 9.90 Å². The van der Waals surface area contributed by atoms with Crippen LogP contribution >= 0.6 is 0 Å². The first kappa shape index (κ1) is 16.8. The van der Waals surface area contributed by atoms with Crippen LogP contribution in [-0.4, -0.2) is 11.1 Å². The minimum atomic E-state index is -0.812. The second-order valence-corrected chi connectivity index (χ2v) is 7.11. The van der Waals surface area contributed by atoms with Crippen LogP contribution in [0.5, 0.6) is 0 Å². The molecule has 0 radical (unpaired) electrons. The highest BCUT2D eigenvalue weighted by Gasteiger charge is 2.36. The van der Waals surface area contributed by atoms with Crippen molar-refractivity contribution in [2.45, 2.75) is 46.0 Å². The van der Waals surface area contributed by atoms with Gasteiger partial charge in [0.15, 0.2) is 0 Å². The third kappa shape index (κ3) is 3.10. The molecule has 3 atom stereocenters. The zero-order chi connectivity index (χ0) is 17.3. The van der Waals surface area contributed by atoms with Gasteiger partial charge in [0, 0.05) is 5.92 Å². The molecule has 2 aliphatic carbocycles. The fourth-order valence-electron chi connectivity index (χ4n) is 4.21. The molecule has 24 heavy (non-hydrogen) atoms. The smallest absolute Gasteiger partial charge is 0.335 e. The normalized spacial score (nSPS) is 26.7. The molecule has 0 aromatic heterocycles. The van der Waals surface area contributed by atoms with Gasteiger partial charge in [0.1, 0.15) is 0 Å². The molecule has 126 valence electrons. The molecule has 0 heterocycles. The third-order valence-corrected chi connectivity index (χ3v) is 5.67. The first-order chi connectivity index (χ1) is 11.5. The van der Waals surface area contributed by atoms with Crippen LogP contribution in [0.3, 0.4) is 0 Å². The van der Waals surface area contributed by atoms with Crippen LogP contribution in [0.25, 0.3) is 0 Å². The first-order valence-electron chi connectivity index (χ1n) is 8.86. The van der Waals surface area contributed by atoms with E-state index in [9.17, 15) is 9.90 Å². The molecule has 1 aromatic carbocycles. The Morgan fingerprint density at radius 2 is 2.00 bits per heavy atom. The van der Waals surface area contributed by atoms with Gasteiger partial charge in [-0.2, -0.15) is 0 Å². The highest BCUT2D eigenvalue weighted by Crippen LogP contribution is 2.48. The summed E-state index contributed by atoms with van der Waals surface area (Å²) in [4.78, 5) is 11.5. The third-order valence-electron chi connectivity index (χ3n) is 5.67. The summed E-state index contributed by atoms with van der Waals surface area (Å²) in [5.74, 6) is 0.493. The van der Waals surface area contributed by atoms with Gasteiger partial charge in [0.25, 0.3) is 0 Å². The maximum absolute atomic E-state index is 11.5. The predicted molar refractivity (Wildman–Crippen MR) is 98.1 cm³/mol. The van der Waals surface area contributed by atoms with Gasteiger partial charge in [-0.3, -0.25) is 0 Å². The first-order valence-corrected chi connectivity index (χ1v) is 8.86. The Kier molecular flexibility index (Phi) is 4.75. The molecule has 0 amide bonds. The molecule has 0 spiro atoms. The van der Waals surface area contributed by atoms with Gasteiger partial charge in [-0.25, -0.2) is 4.79 Å². The molecule has 0 saturated heterocycles.